The third-order valence-corrected chi connectivity index (χ3v) is 4.05. The maximum atomic E-state index is 12.9. The van der Waals surface area contributed by atoms with Crippen molar-refractivity contribution in [3.63, 3.8) is 0 Å². The molecule has 24 heavy (non-hydrogen) atoms. The molecular weight excluding hydrogens is 311 g/mol. The zero-order chi connectivity index (χ0) is 16.4. The lowest BCUT2D eigenvalue weighted by molar-refractivity contribution is 0.0848. The van der Waals surface area contributed by atoms with Crippen LogP contribution in [0.2, 0.25) is 0 Å². The zero-order valence-corrected chi connectivity index (χ0v) is 13.0. The monoisotopic (exact) mass is 328 g/mol. The average molecular weight is 328 g/mol. The van der Waals surface area contributed by atoms with Crippen LogP contribution in [0, 0.1) is 5.82 Å². The van der Waals surface area contributed by atoms with Crippen LogP contribution in [0.3, 0.4) is 0 Å². The first-order valence-electron chi connectivity index (χ1n) is 7.86. The molecule has 0 bridgehead atoms. The van der Waals surface area contributed by atoms with Crippen molar-refractivity contribution in [3.8, 4) is 11.5 Å². The predicted molar refractivity (Wildman–Crippen MR) is 86.7 cm³/mol. The molecule has 2 aliphatic rings. The van der Waals surface area contributed by atoms with Gasteiger partial charge < -0.3 is 19.6 Å². The molecule has 124 valence electrons. The smallest absolute Gasteiger partial charge is 0.231 e. The highest BCUT2D eigenvalue weighted by Crippen LogP contribution is 2.33. The van der Waals surface area contributed by atoms with Crippen LogP contribution < -0.4 is 14.8 Å². The van der Waals surface area contributed by atoms with E-state index in [9.17, 15) is 4.39 Å². The zero-order valence-electron chi connectivity index (χ0n) is 13.0. The number of nitrogens with one attached hydrogen (secondary N) is 1. The largest absolute Gasteiger partial charge is 0.454 e. The van der Waals surface area contributed by atoms with Crippen LogP contribution in [-0.4, -0.2) is 25.2 Å². The van der Waals surface area contributed by atoms with E-state index in [2.05, 4.69) is 10.5 Å². The summed E-state index contributed by atoms with van der Waals surface area (Å²) < 4.78 is 23.6. The highest BCUT2D eigenvalue weighted by molar-refractivity contribution is 6.01. The van der Waals surface area contributed by atoms with Crippen molar-refractivity contribution >= 4 is 5.71 Å². The topological polar surface area (TPSA) is 52.1 Å². The summed E-state index contributed by atoms with van der Waals surface area (Å²) in [5.74, 6) is 1.28. The Morgan fingerprint density at radius 1 is 1.08 bits per heavy atom. The fourth-order valence-electron chi connectivity index (χ4n) is 2.76. The first kappa shape index (κ1) is 15.0. The molecule has 0 aliphatic carbocycles. The minimum absolute atomic E-state index is 0.00845. The van der Waals surface area contributed by atoms with Crippen molar-refractivity contribution in [2.75, 3.05) is 13.3 Å². The lowest BCUT2D eigenvalue weighted by Crippen LogP contribution is -2.26. The summed E-state index contributed by atoms with van der Waals surface area (Å²) in [6.45, 7) is 1.60. The molecule has 0 saturated carbocycles. The molecule has 5 nitrogen and oxygen atoms in total. The van der Waals surface area contributed by atoms with Crippen LogP contribution in [0.15, 0.2) is 47.6 Å². The van der Waals surface area contributed by atoms with E-state index in [4.69, 9.17) is 14.3 Å². The Morgan fingerprint density at radius 3 is 2.79 bits per heavy atom. The van der Waals surface area contributed by atoms with Crippen molar-refractivity contribution in [1.82, 2.24) is 5.32 Å². The quantitative estimate of drug-likeness (QED) is 0.917. The highest BCUT2D eigenvalue weighted by Gasteiger charge is 2.23. The Balaban J connectivity index is 1.29. The second-order valence-corrected chi connectivity index (χ2v) is 5.79. The van der Waals surface area contributed by atoms with Crippen molar-refractivity contribution in [2.45, 2.75) is 19.1 Å². The molecule has 0 aromatic heterocycles. The lowest BCUT2D eigenvalue weighted by atomic mass is 10.0. The molecule has 0 unspecified atom stereocenters. The molecule has 2 aromatic rings. The minimum Gasteiger partial charge on any atom is -0.454 e. The number of hydrogen-bond acceptors (Lipinski definition) is 5. The SMILES string of the molecule is Fc1ccc(CNC[C@H]2CC(c3ccc4c(c3)OCO4)=NO2)cc1. The van der Waals surface area contributed by atoms with E-state index in [0.29, 0.717) is 13.1 Å². The number of ether oxygens (including phenoxy) is 2. The normalized spacial score (nSPS) is 18.4. The molecule has 1 atom stereocenters. The molecule has 0 saturated heterocycles. The fraction of sp³-hybridized carbons (Fsp3) is 0.278. The van der Waals surface area contributed by atoms with Gasteiger partial charge in [0.15, 0.2) is 11.5 Å². The Hall–Kier alpha value is -2.60. The number of fused-ring (bicyclic) bond motifs is 1. The van der Waals surface area contributed by atoms with Crippen LogP contribution >= 0.6 is 0 Å². The van der Waals surface area contributed by atoms with E-state index in [-0.39, 0.29) is 18.7 Å². The van der Waals surface area contributed by atoms with E-state index in [0.717, 1.165) is 34.8 Å². The summed E-state index contributed by atoms with van der Waals surface area (Å²) in [6, 6.07) is 12.2. The summed E-state index contributed by atoms with van der Waals surface area (Å²) in [5, 5.41) is 7.49. The van der Waals surface area contributed by atoms with Gasteiger partial charge in [0.25, 0.3) is 0 Å². The third kappa shape index (κ3) is 3.19. The van der Waals surface area contributed by atoms with Gasteiger partial charge in [0, 0.05) is 25.1 Å². The van der Waals surface area contributed by atoms with E-state index in [1.54, 1.807) is 12.1 Å². The van der Waals surface area contributed by atoms with E-state index in [1.807, 2.05) is 18.2 Å². The van der Waals surface area contributed by atoms with Crippen LogP contribution in [-0.2, 0) is 11.4 Å². The van der Waals surface area contributed by atoms with Gasteiger partial charge in [0.2, 0.25) is 6.79 Å². The minimum atomic E-state index is -0.223. The molecule has 0 spiro atoms. The number of benzene rings is 2. The van der Waals surface area contributed by atoms with Crippen molar-refractivity contribution in [2.24, 2.45) is 5.16 Å². The van der Waals surface area contributed by atoms with Crippen LogP contribution in [0.25, 0.3) is 0 Å². The maximum Gasteiger partial charge on any atom is 0.231 e. The Labute approximate surface area is 139 Å². The predicted octanol–water partition coefficient (Wildman–Crippen LogP) is 2.84. The van der Waals surface area contributed by atoms with E-state index in [1.165, 1.54) is 12.1 Å². The van der Waals surface area contributed by atoms with E-state index >= 15 is 0 Å². The number of hydrogen-bond donors (Lipinski definition) is 1. The Morgan fingerprint density at radius 2 is 1.92 bits per heavy atom. The molecule has 2 aliphatic heterocycles. The molecule has 2 aromatic carbocycles. The third-order valence-electron chi connectivity index (χ3n) is 4.05. The average Bonchev–Trinajstić information content (AvgIpc) is 3.25. The Bertz CT molecular complexity index is 761. The van der Waals surface area contributed by atoms with Crippen molar-refractivity contribution in [1.29, 1.82) is 0 Å². The van der Waals surface area contributed by atoms with Crippen LogP contribution in [0.4, 0.5) is 4.39 Å². The molecule has 1 N–H and O–H groups in total. The highest BCUT2D eigenvalue weighted by atomic mass is 19.1. The molecule has 0 amide bonds. The summed E-state index contributed by atoms with van der Waals surface area (Å²) in [4.78, 5) is 5.49. The molecule has 0 fully saturated rings. The number of rotatable bonds is 5. The number of halogens is 1. The standard InChI is InChI=1S/C18H17FN2O3/c19-14-4-1-12(2-5-14)9-20-10-15-8-16(21-24-15)13-3-6-17-18(7-13)23-11-22-17/h1-7,15,20H,8-11H2/t15-/m1/s1. The molecule has 6 heteroatoms. The summed E-state index contributed by atoms with van der Waals surface area (Å²) in [5.41, 5.74) is 2.92. The Kier molecular flexibility index (Phi) is 4.04. The second kappa shape index (κ2) is 6.49. The first-order valence-corrected chi connectivity index (χ1v) is 7.86. The van der Waals surface area contributed by atoms with Gasteiger partial charge in [-0.3, -0.25) is 0 Å². The number of oxime groups is 1. The van der Waals surface area contributed by atoms with Crippen molar-refractivity contribution < 1.29 is 18.7 Å². The lowest BCUT2D eigenvalue weighted by Gasteiger charge is -2.10. The summed E-state index contributed by atoms with van der Waals surface area (Å²) in [6.07, 6.45) is 0.724. The van der Waals surface area contributed by atoms with Gasteiger partial charge in [-0.2, -0.15) is 0 Å². The van der Waals surface area contributed by atoms with Crippen LogP contribution in [0.1, 0.15) is 17.5 Å². The van der Waals surface area contributed by atoms with Gasteiger partial charge in [-0.15, -0.1) is 0 Å². The first-order chi connectivity index (χ1) is 11.8. The van der Waals surface area contributed by atoms with Gasteiger partial charge in [-0.05, 0) is 35.9 Å². The van der Waals surface area contributed by atoms with Gasteiger partial charge in [-0.25, -0.2) is 4.39 Å². The molecule has 4 rings (SSSR count). The second-order valence-electron chi connectivity index (χ2n) is 5.79. The molecule has 2 heterocycles. The summed E-state index contributed by atoms with van der Waals surface area (Å²) in [7, 11) is 0. The maximum absolute atomic E-state index is 12.9. The van der Waals surface area contributed by atoms with Gasteiger partial charge >= 0.3 is 0 Å². The fourth-order valence-corrected chi connectivity index (χ4v) is 2.76. The van der Waals surface area contributed by atoms with Crippen molar-refractivity contribution in [3.05, 3.63) is 59.4 Å². The van der Waals surface area contributed by atoms with Crippen LogP contribution in [0.5, 0.6) is 11.5 Å². The number of nitrogens with zero attached hydrogens (tertiary/aromatic N) is 1. The van der Waals surface area contributed by atoms with E-state index < -0.39 is 0 Å². The van der Waals surface area contributed by atoms with Gasteiger partial charge in [0.1, 0.15) is 11.9 Å². The molecule has 0 radical (unpaired) electrons. The van der Waals surface area contributed by atoms with Gasteiger partial charge in [0.05, 0.1) is 5.71 Å². The van der Waals surface area contributed by atoms with Gasteiger partial charge in [-0.1, -0.05) is 17.3 Å². The molecular formula is C18H17FN2O3. The summed E-state index contributed by atoms with van der Waals surface area (Å²) >= 11 is 0.